The second-order valence-electron chi connectivity index (χ2n) is 4.05. The van der Waals surface area contributed by atoms with Gasteiger partial charge in [0.1, 0.15) is 17.2 Å². The van der Waals surface area contributed by atoms with Gasteiger partial charge in [0.2, 0.25) is 0 Å². The van der Waals surface area contributed by atoms with E-state index in [0.29, 0.717) is 12.1 Å². The average Bonchev–Trinajstić information content (AvgIpc) is 2.37. The molecule has 0 radical (unpaired) electrons. The zero-order valence-corrected chi connectivity index (χ0v) is 11.9. The minimum Gasteiger partial charge on any atom is -0.508 e. The van der Waals surface area contributed by atoms with Crippen molar-refractivity contribution in [3.63, 3.8) is 0 Å². The lowest BCUT2D eigenvalue weighted by molar-refractivity contribution is 0.414. The third-order valence-electron chi connectivity index (χ3n) is 2.66. The number of aromatic hydroxyl groups is 2. The Morgan fingerprint density at radius 1 is 1.16 bits per heavy atom. The summed E-state index contributed by atoms with van der Waals surface area (Å²) in [5.74, 6) is 0.853. The summed E-state index contributed by atoms with van der Waals surface area (Å²) in [4.78, 5) is 0. The minimum absolute atomic E-state index is 0.0466. The van der Waals surface area contributed by atoms with Crippen LogP contribution in [0.25, 0.3) is 0 Å². The van der Waals surface area contributed by atoms with E-state index in [-0.39, 0.29) is 11.5 Å². The van der Waals surface area contributed by atoms with Crippen molar-refractivity contribution < 1.29 is 14.9 Å². The number of ether oxygens (including phenoxy) is 1. The molecule has 0 bridgehead atoms. The fraction of sp³-hybridized carbons (Fsp3) is 0.143. The maximum atomic E-state index is 9.69. The quantitative estimate of drug-likeness (QED) is 0.806. The molecule has 100 valence electrons. The maximum Gasteiger partial charge on any atom is 0.124 e. The second kappa shape index (κ2) is 5.84. The Hall–Kier alpha value is -1.88. The normalized spacial score (nSPS) is 10.2. The van der Waals surface area contributed by atoms with Crippen molar-refractivity contribution in [1.82, 2.24) is 0 Å². The zero-order chi connectivity index (χ0) is 13.8. The first-order valence-electron chi connectivity index (χ1n) is 5.68. The van der Waals surface area contributed by atoms with E-state index in [2.05, 4.69) is 21.2 Å². The van der Waals surface area contributed by atoms with Crippen LogP contribution in [0, 0.1) is 0 Å². The Labute approximate surface area is 119 Å². The minimum atomic E-state index is 0.0466. The number of anilines is 1. The van der Waals surface area contributed by atoms with Crippen LogP contribution in [-0.2, 0) is 6.54 Å². The maximum absolute atomic E-state index is 9.69. The summed E-state index contributed by atoms with van der Waals surface area (Å²) in [7, 11) is 1.61. The Morgan fingerprint density at radius 2 is 1.95 bits per heavy atom. The van der Waals surface area contributed by atoms with Crippen LogP contribution < -0.4 is 10.1 Å². The van der Waals surface area contributed by atoms with Gasteiger partial charge in [-0.25, -0.2) is 0 Å². The third-order valence-corrected chi connectivity index (χ3v) is 3.12. The molecule has 0 saturated heterocycles. The van der Waals surface area contributed by atoms with Crippen LogP contribution in [0.1, 0.15) is 5.56 Å². The molecule has 0 fully saturated rings. The Kier molecular flexibility index (Phi) is 4.16. The second-order valence-corrected chi connectivity index (χ2v) is 4.96. The van der Waals surface area contributed by atoms with Gasteiger partial charge < -0.3 is 20.3 Å². The number of nitrogens with one attached hydrogen (secondary N) is 1. The fourth-order valence-electron chi connectivity index (χ4n) is 1.68. The molecule has 0 aliphatic heterocycles. The average molecular weight is 324 g/mol. The zero-order valence-electron chi connectivity index (χ0n) is 10.4. The molecular weight excluding hydrogens is 310 g/mol. The molecule has 0 saturated carbocycles. The van der Waals surface area contributed by atoms with Gasteiger partial charge in [-0.2, -0.15) is 0 Å². The predicted octanol–water partition coefficient (Wildman–Crippen LogP) is 3.48. The van der Waals surface area contributed by atoms with Crippen molar-refractivity contribution in [2.75, 3.05) is 12.4 Å². The van der Waals surface area contributed by atoms with Crippen LogP contribution in [0.2, 0.25) is 0 Å². The van der Waals surface area contributed by atoms with Gasteiger partial charge in [0.15, 0.2) is 0 Å². The van der Waals surface area contributed by atoms with Crippen LogP contribution in [0.4, 0.5) is 5.69 Å². The molecule has 3 N–H and O–H groups in total. The lowest BCUT2D eigenvalue weighted by Crippen LogP contribution is -2.00. The van der Waals surface area contributed by atoms with E-state index in [1.165, 1.54) is 12.1 Å². The topological polar surface area (TPSA) is 61.7 Å². The van der Waals surface area contributed by atoms with Crippen LogP contribution >= 0.6 is 15.9 Å². The van der Waals surface area contributed by atoms with Crippen LogP contribution in [0.5, 0.6) is 17.2 Å². The molecule has 0 amide bonds. The molecule has 4 nitrogen and oxygen atoms in total. The summed E-state index contributed by atoms with van der Waals surface area (Å²) in [6.07, 6.45) is 0. The van der Waals surface area contributed by atoms with Crippen molar-refractivity contribution in [2.24, 2.45) is 0 Å². The molecule has 19 heavy (non-hydrogen) atoms. The van der Waals surface area contributed by atoms with Crippen molar-refractivity contribution in [1.29, 1.82) is 0 Å². The number of hydrogen-bond acceptors (Lipinski definition) is 4. The smallest absolute Gasteiger partial charge is 0.124 e. The summed E-state index contributed by atoms with van der Waals surface area (Å²) >= 11 is 3.40. The van der Waals surface area contributed by atoms with Gasteiger partial charge in [-0.1, -0.05) is 15.9 Å². The predicted molar refractivity (Wildman–Crippen MR) is 77.8 cm³/mol. The van der Waals surface area contributed by atoms with E-state index < -0.39 is 0 Å². The van der Waals surface area contributed by atoms with E-state index >= 15 is 0 Å². The molecule has 0 heterocycles. The molecular formula is C14H14BrNO3. The van der Waals surface area contributed by atoms with Crippen LogP contribution in [0.15, 0.2) is 40.9 Å². The number of methoxy groups -OCH3 is 1. The first kappa shape index (κ1) is 13.5. The number of phenolic OH excluding ortho intramolecular Hbond substituents is 2. The van der Waals surface area contributed by atoms with Crippen molar-refractivity contribution in [3.05, 3.63) is 46.4 Å². The van der Waals surface area contributed by atoms with Crippen LogP contribution in [0.3, 0.4) is 0 Å². The van der Waals surface area contributed by atoms with Gasteiger partial charge in [-0.05, 0) is 24.3 Å². The lowest BCUT2D eigenvalue weighted by Gasteiger charge is -2.10. The van der Waals surface area contributed by atoms with E-state index in [1.807, 2.05) is 18.2 Å². The number of phenols is 2. The van der Waals surface area contributed by atoms with Crippen molar-refractivity contribution in [2.45, 2.75) is 6.54 Å². The summed E-state index contributed by atoms with van der Waals surface area (Å²) in [5, 5.41) is 22.1. The number of rotatable bonds is 4. The van der Waals surface area contributed by atoms with Gasteiger partial charge in [-0.15, -0.1) is 0 Å². The molecule has 2 aromatic rings. The van der Waals surface area contributed by atoms with E-state index in [4.69, 9.17) is 4.74 Å². The molecule has 0 unspecified atom stereocenters. The molecule has 0 aliphatic rings. The highest BCUT2D eigenvalue weighted by molar-refractivity contribution is 9.10. The highest BCUT2D eigenvalue weighted by Gasteiger charge is 2.04. The molecule has 0 spiro atoms. The highest BCUT2D eigenvalue weighted by Crippen LogP contribution is 2.27. The van der Waals surface area contributed by atoms with Gasteiger partial charge in [0, 0.05) is 34.4 Å². The standard InChI is InChI=1S/C14H14BrNO3/c1-19-13-5-10(15)4-11(6-13)16-8-9-2-3-12(17)7-14(9)18/h2-7,16-18H,8H2,1H3. The first-order valence-corrected chi connectivity index (χ1v) is 6.47. The largest absolute Gasteiger partial charge is 0.508 e. The van der Waals surface area contributed by atoms with Gasteiger partial charge in [-0.3, -0.25) is 0 Å². The van der Waals surface area contributed by atoms with Gasteiger partial charge in [0.05, 0.1) is 7.11 Å². The Balaban J connectivity index is 2.12. The monoisotopic (exact) mass is 323 g/mol. The van der Waals surface area contributed by atoms with E-state index in [1.54, 1.807) is 13.2 Å². The fourth-order valence-corrected chi connectivity index (χ4v) is 2.15. The van der Waals surface area contributed by atoms with Crippen molar-refractivity contribution >= 4 is 21.6 Å². The van der Waals surface area contributed by atoms with E-state index in [0.717, 1.165) is 15.9 Å². The molecule has 0 aromatic heterocycles. The summed E-state index contributed by atoms with van der Waals surface area (Å²) in [6, 6.07) is 10.2. The Morgan fingerprint density at radius 3 is 2.63 bits per heavy atom. The molecule has 0 atom stereocenters. The van der Waals surface area contributed by atoms with Gasteiger partial charge in [0.25, 0.3) is 0 Å². The summed E-state index contributed by atoms with van der Waals surface area (Å²) < 4.78 is 6.08. The first-order chi connectivity index (χ1) is 9.08. The molecule has 2 aromatic carbocycles. The summed E-state index contributed by atoms with van der Waals surface area (Å²) in [6.45, 7) is 0.450. The third kappa shape index (κ3) is 3.54. The molecule has 2 rings (SSSR count). The van der Waals surface area contributed by atoms with E-state index in [9.17, 15) is 10.2 Å². The number of halogens is 1. The molecule has 0 aliphatic carbocycles. The number of benzene rings is 2. The summed E-state index contributed by atoms with van der Waals surface area (Å²) in [5.41, 5.74) is 1.58. The molecule has 5 heteroatoms. The van der Waals surface area contributed by atoms with Gasteiger partial charge >= 0.3 is 0 Å². The lowest BCUT2D eigenvalue weighted by atomic mass is 10.2. The highest BCUT2D eigenvalue weighted by atomic mass is 79.9. The number of hydrogen-bond donors (Lipinski definition) is 3. The van der Waals surface area contributed by atoms with Crippen LogP contribution in [-0.4, -0.2) is 17.3 Å². The van der Waals surface area contributed by atoms with Crippen molar-refractivity contribution in [3.8, 4) is 17.2 Å². The Bertz CT molecular complexity index is 587. The SMILES string of the molecule is COc1cc(Br)cc(NCc2ccc(O)cc2O)c1.